The van der Waals surface area contributed by atoms with Crippen molar-refractivity contribution in [1.82, 2.24) is 4.98 Å². The van der Waals surface area contributed by atoms with Crippen LogP contribution in [-0.2, 0) is 14.8 Å². The van der Waals surface area contributed by atoms with Crippen LogP contribution in [0.2, 0.25) is 0 Å². The molecule has 5 rings (SSSR count). The predicted octanol–water partition coefficient (Wildman–Crippen LogP) is 4.69. The fourth-order valence-corrected chi connectivity index (χ4v) is 5.07. The number of pyridine rings is 1. The van der Waals surface area contributed by atoms with Crippen molar-refractivity contribution in [2.24, 2.45) is 10.1 Å². The van der Waals surface area contributed by atoms with Crippen molar-refractivity contribution in [2.75, 3.05) is 4.90 Å². The van der Waals surface area contributed by atoms with Gasteiger partial charge in [-0.05, 0) is 71.9 Å². The Morgan fingerprint density at radius 3 is 2.35 bits per heavy atom. The first kappa shape index (κ1) is 22.0. The van der Waals surface area contributed by atoms with E-state index < -0.39 is 10.0 Å². The van der Waals surface area contributed by atoms with Crippen molar-refractivity contribution in [1.29, 1.82) is 0 Å². The molecule has 1 aliphatic rings. The van der Waals surface area contributed by atoms with E-state index in [1.807, 2.05) is 66.7 Å². The number of carbonyl (C=O) groups is 1. The number of aliphatic imine (C=N–C) groups is 1. The maximum absolute atomic E-state index is 13.5. The van der Waals surface area contributed by atoms with Crippen LogP contribution < -0.4 is 10.0 Å². The van der Waals surface area contributed by atoms with Gasteiger partial charge in [0.15, 0.2) is 5.17 Å². The van der Waals surface area contributed by atoms with Gasteiger partial charge in [-0.15, -0.1) is 0 Å². The minimum absolute atomic E-state index is 0.00309. The summed E-state index contributed by atoms with van der Waals surface area (Å²) in [5, 5.41) is 6.59. The average Bonchev–Trinajstić information content (AvgIpc) is 3.14. The van der Waals surface area contributed by atoms with Crippen LogP contribution >= 0.6 is 11.8 Å². The van der Waals surface area contributed by atoms with Crippen molar-refractivity contribution in [3.8, 4) is 0 Å². The highest BCUT2D eigenvalue weighted by Crippen LogP contribution is 2.38. The van der Waals surface area contributed by atoms with E-state index in [9.17, 15) is 13.2 Å². The van der Waals surface area contributed by atoms with Crippen molar-refractivity contribution >= 4 is 61.2 Å². The summed E-state index contributed by atoms with van der Waals surface area (Å²) in [7, 11) is -3.80. The van der Waals surface area contributed by atoms with E-state index in [4.69, 9.17) is 5.14 Å². The molecule has 0 atom stereocenters. The number of aromatic nitrogens is 1. The number of anilines is 1. The summed E-state index contributed by atoms with van der Waals surface area (Å²) in [5.41, 5.74) is 2.91. The molecule has 2 heterocycles. The minimum Gasteiger partial charge on any atom is -0.268 e. The third-order valence-corrected chi connectivity index (χ3v) is 7.08. The number of nitrogens with zero attached hydrogens (tertiary/aromatic N) is 3. The molecule has 3 aromatic carbocycles. The number of fused-ring (bicyclic) bond motifs is 1. The Labute approximate surface area is 200 Å². The summed E-state index contributed by atoms with van der Waals surface area (Å²) in [6, 6.07) is 24.8. The topological polar surface area (TPSA) is 106 Å². The Bertz CT molecular complexity index is 1560. The van der Waals surface area contributed by atoms with Gasteiger partial charge >= 0.3 is 0 Å². The van der Waals surface area contributed by atoms with Gasteiger partial charge in [0.2, 0.25) is 10.0 Å². The molecule has 34 heavy (non-hydrogen) atoms. The molecule has 0 aliphatic carbocycles. The third-order valence-electron chi connectivity index (χ3n) is 5.18. The molecule has 4 aromatic rings. The van der Waals surface area contributed by atoms with E-state index in [1.54, 1.807) is 23.2 Å². The molecular weight excluding hydrogens is 468 g/mol. The Morgan fingerprint density at radius 1 is 0.912 bits per heavy atom. The maximum atomic E-state index is 13.5. The largest absolute Gasteiger partial charge is 0.271 e. The molecule has 0 spiro atoms. The first-order valence-corrected chi connectivity index (χ1v) is 12.6. The lowest BCUT2D eigenvalue weighted by Gasteiger charge is -2.15. The van der Waals surface area contributed by atoms with E-state index in [0.29, 0.717) is 21.4 Å². The number of hydrogen-bond acceptors (Lipinski definition) is 6. The van der Waals surface area contributed by atoms with Gasteiger partial charge in [0.05, 0.1) is 26.7 Å². The zero-order valence-electron chi connectivity index (χ0n) is 17.7. The number of thioether (sulfide) groups is 1. The SMILES string of the molecule is NS(=O)(=O)c1ccc(N=C2SC(=Cc3ccnc4ccccc34)C(=O)N2c2ccccc2)cc1. The van der Waals surface area contributed by atoms with Gasteiger partial charge in [-0.25, -0.2) is 18.5 Å². The Balaban J connectivity index is 1.58. The number of amides is 1. The molecule has 7 nitrogen and oxygen atoms in total. The summed E-state index contributed by atoms with van der Waals surface area (Å²) >= 11 is 1.25. The second-order valence-electron chi connectivity index (χ2n) is 7.44. The van der Waals surface area contributed by atoms with Crippen molar-refractivity contribution in [3.63, 3.8) is 0 Å². The summed E-state index contributed by atoms with van der Waals surface area (Å²) in [4.78, 5) is 24.6. The van der Waals surface area contributed by atoms with Crippen molar-refractivity contribution in [3.05, 3.63) is 102 Å². The number of sulfonamides is 1. The summed E-state index contributed by atoms with van der Waals surface area (Å²) in [6.45, 7) is 0. The number of para-hydroxylation sites is 2. The number of nitrogens with two attached hydrogens (primary N) is 1. The average molecular weight is 487 g/mol. The minimum atomic E-state index is -3.80. The second kappa shape index (κ2) is 8.86. The van der Waals surface area contributed by atoms with Crippen molar-refractivity contribution in [2.45, 2.75) is 4.90 Å². The van der Waals surface area contributed by atoms with E-state index in [-0.39, 0.29) is 10.8 Å². The normalized spacial score (nSPS) is 16.6. The molecule has 1 aliphatic heterocycles. The highest BCUT2D eigenvalue weighted by atomic mass is 32.2. The van der Waals surface area contributed by atoms with Crippen LogP contribution in [0.4, 0.5) is 11.4 Å². The van der Waals surface area contributed by atoms with Gasteiger partial charge in [0, 0.05) is 11.6 Å². The monoisotopic (exact) mass is 486 g/mol. The molecule has 0 saturated carbocycles. The fourth-order valence-electron chi connectivity index (χ4n) is 3.56. The number of benzene rings is 3. The third kappa shape index (κ3) is 4.36. The van der Waals surface area contributed by atoms with Crippen LogP contribution in [-0.4, -0.2) is 24.5 Å². The van der Waals surface area contributed by atoms with E-state index in [1.165, 1.54) is 23.9 Å². The van der Waals surface area contributed by atoms with Gasteiger partial charge in [-0.3, -0.25) is 14.7 Å². The van der Waals surface area contributed by atoms with Gasteiger partial charge in [-0.1, -0.05) is 36.4 Å². The lowest BCUT2D eigenvalue weighted by atomic mass is 10.1. The quantitative estimate of drug-likeness (QED) is 0.421. The molecule has 1 amide bonds. The zero-order valence-corrected chi connectivity index (χ0v) is 19.3. The summed E-state index contributed by atoms with van der Waals surface area (Å²) in [5.74, 6) is -0.197. The Hall–Kier alpha value is -3.79. The predicted molar refractivity (Wildman–Crippen MR) is 136 cm³/mol. The molecule has 1 aromatic heterocycles. The number of amidine groups is 1. The van der Waals surface area contributed by atoms with Gasteiger partial charge in [0.1, 0.15) is 0 Å². The Kier molecular flexibility index (Phi) is 5.74. The fraction of sp³-hybridized carbons (Fsp3) is 0. The molecular formula is C25H18N4O3S2. The summed E-state index contributed by atoms with van der Waals surface area (Å²) in [6.07, 6.45) is 3.56. The molecule has 1 fully saturated rings. The van der Waals surface area contributed by atoms with E-state index in [2.05, 4.69) is 9.98 Å². The van der Waals surface area contributed by atoms with Crippen LogP contribution in [0.15, 0.2) is 106 Å². The number of primary sulfonamides is 1. The van der Waals surface area contributed by atoms with Gasteiger partial charge in [-0.2, -0.15) is 0 Å². The van der Waals surface area contributed by atoms with Crippen LogP contribution in [0, 0.1) is 0 Å². The highest BCUT2D eigenvalue weighted by Gasteiger charge is 2.34. The lowest BCUT2D eigenvalue weighted by molar-refractivity contribution is -0.113. The first-order valence-electron chi connectivity index (χ1n) is 10.2. The van der Waals surface area contributed by atoms with E-state index >= 15 is 0 Å². The first-order chi connectivity index (χ1) is 16.4. The number of carbonyl (C=O) groups excluding carboxylic acids is 1. The number of rotatable bonds is 4. The highest BCUT2D eigenvalue weighted by molar-refractivity contribution is 8.19. The van der Waals surface area contributed by atoms with Crippen molar-refractivity contribution < 1.29 is 13.2 Å². The zero-order chi connectivity index (χ0) is 23.7. The lowest BCUT2D eigenvalue weighted by Crippen LogP contribution is -2.28. The van der Waals surface area contributed by atoms with Crippen LogP contribution in [0.3, 0.4) is 0 Å². The second-order valence-corrected chi connectivity index (χ2v) is 10.0. The standard InChI is InChI=1S/C25H18N4O3S2/c26-34(31,32)20-12-10-18(11-13-20)28-25-29(19-6-2-1-3-7-19)24(30)23(33-25)16-17-14-15-27-22-9-5-4-8-21(17)22/h1-16H,(H2,26,31,32). The van der Waals surface area contributed by atoms with Crippen LogP contribution in [0.5, 0.6) is 0 Å². The van der Waals surface area contributed by atoms with Gasteiger partial charge in [0.25, 0.3) is 5.91 Å². The number of hydrogen-bond donors (Lipinski definition) is 1. The molecule has 9 heteroatoms. The Morgan fingerprint density at radius 2 is 1.62 bits per heavy atom. The molecule has 0 bridgehead atoms. The molecule has 168 valence electrons. The smallest absolute Gasteiger partial charge is 0.268 e. The molecule has 0 radical (unpaired) electrons. The van der Waals surface area contributed by atoms with E-state index in [0.717, 1.165) is 16.5 Å². The molecule has 0 unspecified atom stereocenters. The molecule has 1 saturated heterocycles. The maximum Gasteiger partial charge on any atom is 0.271 e. The van der Waals surface area contributed by atoms with Gasteiger partial charge < -0.3 is 0 Å². The van der Waals surface area contributed by atoms with Crippen LogP contribution in [0.25, 0.3) is 17.0 Å². The summed E-state index contributed by atoms with van der Waals surface area (Å²) < 4.78 is 23.1. The van der Waals surface area contributed by atoms with Crippen LogP contribution in [0.1, 0.15) is 5.56 Å². The molecule has 2 N–H and O–H groups in total.